The second kappa shape index (κ2) is 40.8. The van der Waals surface area contributed by atoms with Gasteiger partial charge in [0.15, 0.2) is 0 Å². The van der Waals surface area contributed by atoms with Crippen LogP contribution in [0.25, 0.3) is 0 Å². The molecule has 0 spiro atoms. The van der Waals surface area contributed by atoms with Crippen molar-refractivity contribution in [1.82, 2.24) is 5.32 Å². The lowest BCUT2D eigenvalue weighted by atomic mass is 10.1. The number of aliphatic hydroxyl groups excluding tert-OH is 2. The highest BCUT2D eigenvalue weighted by Gasteiger charge is 2.17. The highest BCUT2D eigenvalue weighted by atomic mass is 16.3. The van der Waals surface area contributed by atoms with Crippen molar-refractivity contribution in [1.29, 1.82) is 0 Å². The highest BCUT2D eigenvalue weighted by molar-refractivity contribution is 5.76. The molecule has 3 N–H and O–H groups in total. The first kappa shape index (κ1) is 47.4. The lowest BCUT2D eigenvalue weighted by Gasteiger charge is -2.19. The summed E-state index contributed by atoms with van der Waals surface area (Å²) in [5.41, 5.74) is 0. The van der Waals surface area contributed by atoms with Gasteiger partial charge in [0.1, 0.15) is 0 Å². The molecule has 0 bridgehead atoms. The standard InChI is InChI=1S/C45H83NO3/c1-3-5-7-9-11-13-15-17-19-21-23-24-26-28-30-32-34-36-38-40-44(48)43(42-47)46-45(49)41-39-37-35-33-31-29-27-25-22-20-18-16-14-12-10-8-6-4-2/h20,22-24,30,32,38,40,43-44,47-48H,3-19,21,25-29,31,33-37,39,41-42H2,1-2H3,(H,46,49)/b22-20-,24-23+,32-30+,40-38+. The van der Waals surface area contributed by atoms with Crippen molar-refractivity contribution >= 4 is 5.91 Å². The van der Waals surface area contributed by atoms with Crippen LogP contribution in [0.3, 0.4) is 0 Å². The molecule has 0 saturated carbocycles. The van der Waals surface area contributed by atoms with Crippen LogP contribution in [0.2, 0.25) is 0 Å². The Labute approximate surface area is 305 Å². The molecule has 0 aliphatic heterocycles. The van der Waals surface area contributed by atoms with E-state index in [-0.39, 0.29) is 12.5 Å². The van der Waals surface area contributed by atoms with Gasteiger partial charge in [0.2, 0.25) is 5.91 Å². The quantitative estimate of drug-likeness (QED) is 0.0447. The number of carbonyl (C=O) groups excluding carboxylic acids is 1. The normalized spacial score (nSPS) is 13.5. The van der Waals surface area contributed by atoms with Gasteiger partial charge in [0.25, 0.3) is 0 Å². The van der Waals surface area contributed by atoms with Crippen molar-refractivity contribution in [3.8, 4) is 0 Å². The number of aliphatic hydroxyl groups is 2. The Morgan fingerprint density at radius 3 is 1.18 bits per heavy atom. The SMILES string of the molecule is CCCCCCCCC/C=C\CCCCCCCCCC(=O)NC(CO)C(O)/C=C/CC/C=C/CC/C=C/CCCCCCCCCCC. The minimum atomic E-state index is -0.871. The second-order valence-corrected chi connectivity index (χ2v) is 14.4. The number of nitrogens with one attached hydrogen (secondary N) is 1. The van der Waals surface area contributed by atoms with E-state index in [0.717, 1.165) is 38.5 Å². The van der Waals surface area contributed by atoms with E-state index < -0.39 is 12.1 Å². The summed E-state index contributed by atoms with van der Waals surface area (Å²) in [4.78, 5) is 12.4. The number of rotatable bonds is 38. The van der Waals surface area contributed by atoms with Crippen molar-refractivity contribution in [3.05, 3.63) is 48.6 Å². The van der Waals surface area contributed by atoms with Gasteiger partial charge >= 0.3 is 0 Å². The van der Waals surface area contributed by atoms with Gasteiger partial charge in [-0.2, -0.15) is 0 Å². The maximum absolute atomic E-state index is 12.4. The zero-order chi connectivity index (χ0) is 35.7. The molecule has 0 heterocycles. The molecule has 2 atom stereocenters. The van der Waals surface area contributed by atoms with Crippen LogP contribution in [0, 0.1) is 0 Å². The predicted octanol–water partition coefficient (Wildman–Crippen LogP) is 13.2. The third-order valence-corrected chi connectivity index (χ3v) is 9.51. The van der Waals surface area contributed by atoms with Gasteiger partial charge in [0, 0.05) is 6.42 Å². The van der Waals surface area contributed by atoms with Gasteiger partial charge in [-0.25, -0.2) is 0 Å². The number of allylic oxidation sites excluding steroid dienone is 7. The first-order chi connectivity index (χ1) is 24.2. The van der Waals surface area contributed by atoms with E-state index >= 15 is 0 Å². The Hall–Kier alpha value is -1.65. The Morgan fingerprint density at radius 1 is 0.469 bits per heavy atom. The monoisotopic (exact) mass is 686 g/mol. The van der Waals surface area contributed by atoms with E-state index in [0.29, 0.717) is 6.42 Å². The van der Waals surface area contributed by atoms with Gasteiger partial charge in [-0.3, -0.25) is 4.79 Å². The molecule has 1 amide bonds. The fourth-order valence-corrected chi connectivity index (χ4v) is 6.20. The molecule has 4 heteroatoms. The molecule has 0 aromatic rings. The largest absolute Gasteiger partial charge is 0.394 e. The molecule has 0 rings (SSSR count). The van der Waals surface area contributed by atoms with Gasteiger partial charge in [-0.15, -0.1) is 0 Å². The summed E-state index contributed by atoms with van der Waals surface area (Å²) in [6.07, 6.45) is 55.0. The molecule has 0 aromatic carbocycles. The first-order valence-corrected chi connectivity index (χ1v) is 21.4. The van der Waals surface area contributed by atoms with Gasteiger partial charge < -0.3 is 15.5 Å². The molecule has 286 valence electrons. The lowest BCUT2D eigenvalue weighted by Crippen LogP contribution is -2.45. The number of hydrogen-bond donors (Lipinski definition) is 3. The van der Waals surface area contributed by atoms with Crippen LogP contribution in [0.15, 0.2) is 48.6 Å². The summed E-state index contributed by atoms with van der Waals surface area (Å²) in [5.74, 6) is -0.0834. The molecule has 2 unspecified atom stereocenters. The Kier molecular flexibility index (Phi) is 39.4. The number of unbranched alkanes of at least 4 members (excludes halogenated alkanes) is 25. The Balaban J connectivity index is 3.67. The summed E-state index contributed by atoms with van der Waals surface area (Å²) in [5, 5.41) is 23.0. The summed E-state index contributed by atoms with van der Waals surface area (Å²) < 4.78 is 0. The number of carbonyl (C=O) groups is 1. The van der Waals surface area contributed by atoms with Crippen molar-refractivity contribution in [2.75, 3.05) is 6.61 Å². The van der Waals surface area contributed by atoms with Gasteiger partial charge in [-0.05, 0) is 70.6 Å². The Morgan fingerprint density at radius 2 is 0.796 bits per heavy atom. The van der Waals surface area contributed by atoms with E-state index in [1.807, 2.05) is 6.08 Å². The van der Waals surface area contributed by atoms with Gasteiger partial charge in [0.05, 0.1) is 18.8 Å². The molecule has 0 aliphatic carbocycles. The molecule has 0 aromatic heterocycles. The summed E-state index contributed by atoms with van der Waals surface area (Å²) >= 11 is 0. The first-order valence-electron chi connectivity index (χ1n) is 21.4. The molecule has 4 nitrogen and oxygen atoms in total. The molecule has 0 saturated heterocycles. The van der Waals surface area contributed by atoms with Crippen LogP contribution in [0.4, 0.5) is 0 Å². The number of hydrogen-bond acceptors (Lipinski definition) is 3. The van der Waals surface area contributed by atoms with Crippen LogP contribution in [-0.2, 0) is 4.79 Å². The third-order valence-electron chi connectivity index (χ3n) is 9.51. The van der Waals surface area contributed by atoms with E-state index in [1.54, 1.807) is 6.08 Å². The summed E-state index contributed by atoms with van der Waals surface area (Å²) in [6.45, 7) is 4.28. The van der Waals surface area contributed by atoms with Gasteiger partial charge in [-0.1, -0.05) is 184 Å². The van der Waals surface area contributed by atoms with E-state index in [9.17, 15) is 15.0 Å². The van der Waals surface area contributed by atoms with Crippen LogP contribution in [-0.4, -0.2) is 34.9 Å². The average molecular weight is 686 g/mol. The third kappa shape index (κ3) is 37.4. The van der Waals surface area contributed by atoms with Crippen molar-refractivity contribution < 1.29 is 15.0 Å². The smallest absolute Gasteiger partial charge is 0.220 e. The summed E-state index contributed by atoms with van der Waals surface area (Å²) in [6, 6.07) is -0.647. The highest BCUT2D eigenvalue weighted by Crippen LogP contribution is 2.13. The van der Waals surface area contributed by atoms with Crippen LogP contribution in [0.5, 0.6) is 0 Å². The fraction of sp³-hybridized carbons (Fsp3) is 0.800. The zero-order valence-electron chi connectivity index (χ0n) is 32.7. The topological polar surface area (TPSA) is 69.6 Å². The summed E-state index contributed by atoms with van der Waals surface area (Å²) in [7, 11) is 0. The zero-order valence-corrected chi connectivity index (χ0v) is 32.7. The molecular weight excluding hydrogens is 602 g/mol. The van der Waals surface area contributed by atoms with Crippen LogP contribution in [0.1, 0.15) is 213 Å². The molecule has 0 radical (unpaired) electrons. The predicted molar refractivity (Wildman–Crippen MR) is 216 cm³/mol. The van der Waals surface area contributed by atoms with E-state index in [2.05, 4.69) is 55.6 Å². The molecule has 0 aliphatic rings. The maximum atomic E-state index is 12.4. The number of amides is 1. The van der Waals surface area contributed by atoms with Crippen molar-refractivity contribution in [3.63, 3.8) is 0 Å². The minimum Gasteiger partial charge on any atom is -0.394 e. The molecule has 0 fully saturated rings. The fourth-order valence-electron chi connectivity index (χ4n) is 6.20. The second-order valence-electron chi connectivity index (χ2n) is 14.4. The van der Waals surface area contributed by atoms with Crippen molar-refractivity contribution in [2.45, 2.75) is 225 Å². The van der Waals surface area contributed by atoms with E-state index in [4.69, 9.17) is 0 Å². The van der Waals surface area contributed by atoms with Crippen LogP contribution >= 0.6 is 0 Å². The van der Waals surface area contributed by atoms with Crippen LogP contribution < -0.4 is 5.32 Å². The minimum absolute atomic E-state index is 0.0834. The average Bonchev–Trinajstić information content (AvgIpc) is 3.10. The lowest BCUT2D eigenvalue weighted by molar-refractivity contribution is -0.123. The maximum Gasteiger partial charge on any atom is 0.220 e. The Bertz CT molecular complexity index is 786. The molecular formula is C45H83NO3. The molecule has 49 heavy (non-hydrogen) atoms. The van der Waals surface area contributed by atoms with E-state index in [1.165, 1.54) is 154 Å². The van der Waals surface area contributed by atoms with Crippen molar-refractivity contribution in [2.24, 2.45) is 0 Å².